The molecule has 2 aliphatic rings. The number of hydrogen-bond donors (Lipinski definition) is 3. The number of hydrogen-bond acceptors (Lipinski definition) is 3. The number of carboxylic acids is 1. The fourth-order valence-electron chi connectivity index (χ4n) is 3.61. The van der Waals surface area contributed by atoms with Crippen LogP contribution in [0.1, 0.15) is 16.8 Å². The number of fused-ring (bicyclic) bond motifs is 2. The number of aliphatic carboxylic acids is 1. The molecule has 7 heteroatoms. The van der Waals surface area contributed by atoms with E-state index in [4.69, 9.17) is 17.3 Å². The highest BCUT2D eigenvalue weighted by molar-refractivity contribution is 6.34. The van der Waals surface area contributed by atoms with E-state index in [1.165, 1.54) is 12.1 Å². The van der Waals surface area contributed by atoms with Crippen LogP contribution in [0.15, 0.2) is 30.4 Å². The largest absolute Gasteiger partial charge is 0.481 e. The average molecular weight is 335 g/mol. The molecule has 4 atom stereocenters. The van der Waals surface area contributed by atoms with Crippen molar-refractivity contribution in [2.75, 3.05) is 5.32 Å². The number of nitrogens with two attached hydrogens (primary N) is 1. The van der Waals surface area contributed by atoms with Gasteiger partial charge in [0.1, 0.15) is 0 Å². The fourth-order valence-corrected chi connectivity index (χ4v) is 3.88. The highest BCUT2D eigenvalue weighted by atomic mass is 35.5. The molecule has 1 aromatic rings. The minimum absolute atomic E-state index is 0.0214. The minimum atomic E-state index is -0.983. The molecule has 1 saturated carbocycles. The molecule has 3 rings (SSSR count). The summed E-state index contributed by atoms with van der Waals surface area (Å²) in [6.07, 6.45) is 4.41. The zero-order chi connectivity index (χ0) is 16.7. The lowest BCUT2D eigenvalue weighted by Crippen LogP contribution is -2.36. The number of primary amides is 1. The van der Waals surface area contributed by atoms with Gasteiger partial charge >= 0.3 is 5.97 Å². The summed E-state index contributed by atoms with van der Waals surface area (Å²) in [6.45, 7) is 0. The molecule has 120 valence electrons. The van der Waals surface area contributed by atoms with E-state index < -0.39 is 29.6 Å². The Morgan fingerprint density at radius 1 is 1.17 bits per heavy atom. The van der Waals surface area contributed by atoms with Crippen molar-refractivity contribution in [2.45, 2.75) is 6.42 Å². The number of carboxylic acid groups (broad SMARTS) is 1. The second kappa shape index (κ2) is 5.70. The predicted molar refractivity (Wildman–Crippen MR) is 84.0 cm³/mol. The minimum Gasteiger partial charge on any atom is -0.481 e. The van der Waals surface area contributed by atoms with E-state index in [1.54, 1.807) is 6.07 Å². The number of rotatable bonds is 4. The van der Waals surface area contributed by atoms with Gasteiger partial charge in [-0.25, -0.2) is 0 Å². The lowest BCUT2D eigenvalue weighted by Gasteiger charge is -2.24. The second-order valence-corrected chi connectivity index (χ2v) is 6.26. The summed E-state index contributed by atoms with van der Waals surface area (Å²) in [5.74, 6) is -3.81. The van der Waals surface area contributed by atoms with Crippen molar-refractivity contribution >= 4 is 35.1 Å². The number of allylic oxidation sites excluding steroid dienone is 2. The maximum Gasteiger partial charge on any atom is 0.307 e. The molecule has 2 bridgehead atoms. The molecule has 23 heavy (non-hydrogen) atoms. The van der Waals surface area contributed by atoms with Crippen LogP contribution >= 0.6 is 11.6 Å². The van der Waals surface area contributed by atoms with Crippen LogP contribution in [-0.4, -0.2) is 22.9 Å². The molecule has 4 N–H and O–H groups in total. The molecule has 0 aromatic heterocycles. The number of nitrogens with one attached hydrogen (secondary N) is 1. The molecule has 2 amide bonds. The normalized spacial score (nSPS) is 27.9. The van der Waals surface area contributed by atoms with Gasteiger partial charge in [-0.3, -0.25) is 14.4 Å². The number of carbonyl (C=O) groups is 3. The van der Waals surface area contributed by atoms with Crippen molar-refractivity contribution in [3.63, 3.8) is 0 Å². The molecule has 0 aliphatic heterocycles. The summed E-state index contributed by atoms with van der Waals surface area (Å²) in [6, 6.07) is 4.60. The van der Waals surface area contributed by atoms with E-state index in [1.807, 2.05) is 12.2 Å². The van der Waals surface area contributed by atoms with E-state index in [-0.39, 0.29) is 28.1 Å². The van der Waals surface area contributed by atoms with Crippen LogP contribution in [0.5, 0.6) is 0 Å². The Balaban J connectivity index is 1.88. The van der Waals surface area contributed by atoms with Crippen molar-refractivity contribution in [2.24, 2.45) is 29.4 Å². The monoisotopic (exact) mass is 334 g/mol. The number of amides is 2. The first kappa shape index (κ1) is 15.6. The summed E-state index contributed by atoms with van der Waals surface area (Å²) in [4.78, 5) is 35.6. The van der Waals surface area contributed by atoms with Gasteiger partial charge in [0.15, 0.2) is 0 Å². The Morgan fingerprint density at radius 2 is 1.83 bits per heavy atom. The number of carbonyl (C=O) groups excluding carboxylic acids is 2. The van der Waals surface area contributed by atoms with Gasteiger partial charge < -0.3 is 16.2 Å². The van der Waals surface area contributed by atoms with Crippen molar-refractivity contribution in [3.8, 4) is 0 Å². The lowest BCUT2D eigenvalue weighted by molar-refractivity contribution is -0.146. The summed E-state index contributed by atoms with van der Waals surface area (Å²) >= 11 is 5.95. The van der Waals surface area contributed by atoms with E-state index >= 15 is 0 Å². The van der Waals surface area contributed by atoms with E-state index in [0.29, 0.717) is 6.42 Å². The summed E-state index contributed by atoms with van der Waals surface area (Å²) in [5.41, 5.74) is 5.52. The Kier molecular flexibility index (Phi) is 3.85. The number of halogens is 1. The molecule has 2 aliphatic carbocycles. The first-order chi connectivity index (χ1) is 10.9. The van der Waals surface area contributed by atoms with Gasteiger partial charge in [0.05, 0.1) is 28.1 Å². The van der Waals surface area contributed by atoms with Gasteiger partial charge in [0.2, 0.25) is 5.91 Å². The maximum absolute atomic E-state index is 12.6. The standard InChI is InChI=1S/C16H15ClN2O4/c17-9-2-1-3-10(13(9)14(18)20)19-15(21)11-7-4-5-8(6-7)12(11)16(22)23/h1-5,7-8,11-12H,6H2,(H2,18,20)(H,19,21)(H,22,23). The first-order valence-corrected chi connectivity index (χ1v) is 7.58. The molecule has 1 fully saturated rings. The van der Waals surface area contributed by atoms with Crippen LogP contribution in [0, 0.1) is 23.7 Å². The van der Waals surface area contributed by atoms with Gasteiger partial charge in [-0.15, -0.1) is 0 Å². The van der Waals surface area contributed by atoms with Crippen molar-refractivity contribution < 1.29 is 19.5 Å². The van der Waals surface area contributed by atoms with Gasteiger partial charge in [-0.05, 0) is 30.4 Å². The van der Waals surface area contributed by atoms with Crippen molar-refractivity contribution in [1.82, 2.24) is 0 Å². The molecule has 0 radical (unpaired) electrons. The summed E-state index contributed by atoms with van der Waals surface area (Å²) in [7, 11) is 0. The fraction of sp³-hybridized carbons (Fsp3) is 0.312. The van der Waals surface area contributed by atoms with E-state index in [2.05, 4.69) is 5.32 Å². The first-order valence-electron chi connectivity index (χ1n) is 7.20. The molecule has 0 spiro atoms. The third kappa shape index (κ3) is 2.59. The van der Waals surface area contributed by atoms with Crippen molar-refractivity contribution in [3.05, 3.63) is 40.9 Å². The van der Waals surface area contributed by atoms with Crippen LogP contribution < -0.4 is 11.1 Å². The van der Waals surface area contributed by atoms with E-state index in [0.717, 1.165) is 0 Å². The van der Waals surface area contributed by atoms with Crippen LogP contribution in [0.3, 0.4) is 0 Å². The Hall–Kier alpha value is -2.34. The van der Waals surface area contributed by atoms with Crippen LogP contribution in [0.4, 0.5) is 5.69 Å². The molecular weight excluding hydrogens is 320 g/mol. The topological polar surface area (TPSA) is 109 Å². The van der Waals surface area contributed by atoms with Crippen LogP contribution in [-0.2, 0) is 9.59 Å². The molecule has 1 aromatic carbocycles. The molecular formula is C16H15ClN2O4. The average Bonchev–Trinajstić information content (AvgIpc) is 3.07. The van der Waals surface area contributed by atoms with Gasteiger partial charge in [-0.1, -0.05) is 29.8 Å². The zero-order valence-electron chi connectivity index (χ0n) is 12.0. The third-order valence-corrected chi connectivity index (χ3v) is 4.88. The number of anilines is 1. The third-order valence-electron chi connectivity index (χ3n) is 4.57. The molecule has 6 nitrogen and oxygen atoms in total. The molecule has 0 saturated heterocycles. The van der Waals surface area contributed by atoms with Gasteiger partial charge in [0, 0.05) is 0 Å². The van der Waals surface area contributed by atoms with Gasteiger partial charge in [-0.2, -0.15) is 0 Å². The van der Waals surface area contributed by atoms with Gasteiger partial charge in [0.25, 0.3) is 5.91 Å². The quantitative estimate of drug-likeness (QED) is 0.730. The Morgan fingerprint density at radius 3 is 2.43 bits per heavy atom. The molecule has 4 unspecified atom stereocenters. The highest BCUT2D eigenvalue weighted by Gasteiger charge is 2.51. The SMILES string of the molecule is NC(=O)c1c(Cl)cccc1NC(=O)C1C2C=CC(C2)C1C(=O)O. The summed E-state index contributed by atoms with van der Waals surface area (Å²) in [5, 5.41) is 12.2. The number of benzene rings is 1. The Labute approximate surface area is 137 Å². The highest BCUT2D eigenvalue weighted by Crippen LogP contribution is 2.48. The second-order valence-electron chi connectivity index (χ2n) is 5.85. The smallest absolute Gasteiger partial charge is 0.307 e. The van der Waals surface area contributed by atoms with Crippen LogP contribution in [0.25, 0.3) is 0 Å². The van der Waals surface area contributed by atoms with Crippen molar-refractivity contribution in [1.29, 1.82) is 0 Å². The Bertz CT molecular complexity index is 731. The lowest BCUT2D eigenvalue weighted by atomic mass is 9.82. The molecule has 0 heterocycles. The van der Waals surface area contributed by atoms with E-state index in [9.17, 15) is 19.5 Å². The summed E-state index contributed by atoms with van der Waals surface area (Å²) < 4.78 is 0. The maximum atomic E-state index is 12.6. The predicted octanol–water partition coefficient (Wildman–Crippen LogP) is 1.90. The zero-order valence-corrected chi connectivity index (χ0v) is 12.8. The van der Waals surface area contributed by atoms with Crippen LogP contribution in [0.2, 0.25) is 5.02 Å².